The predicted octanol–water partition coefficient (Wildman–Crippen LogP) is 1.48. The molecule has 2 aromatic rings. The van der Waals surface area contributed by atoms with Crippen molar-refractivity contribution in [2.45, 2.75) is 32.2 Å². The molecule has 2 heterocycles. The van der Waals surface area contributed by atoms with Crippen LogP contribution in [0, 0.1) is 5.92 Å². The summed E-state index contributed by atoms with van der Waals surface area (Å²) in [5.74, 6) is 1.62. The minimum Gasteiger partial charge on any atom is -0.496 e. The summed E-state index contributed by atoms with van der Waals surface area (Å²) in [6.45, 7) is 4.52. The van der Waals surface area contributed by atoms with Crippen LogP contribution in [0.5, 0.6) is 5.75 Å². The van der Waals surface area contributed by atoms with Crippen LogP contribution in [0.3, 0.4) is 0 Å². The average Bonchev–Trinajstić information content (AvgIpc) is 3.24. The Balaban J connectivity index is 1.43. The molecular formula is C20H30N6O2. The molecule has 0 aliphatic carbocycles. The van der Waals surface area contributed by atoms with Gasteiger partial charge >= 0.3 is 0 Å². The normalized spacial score (nSPS) is 17.4. The summed E-state index contributed by atoms with van der Waals surface area (Å²) < 4.78 is 7.05. The third kappa shape index (κ3) is 5.76. The number of rotatable bonds is 9. The summed E-state index contributed by atoms with van der Waals surface area (Å²) >= 11 is 0. The predicted molar refractivity (Wildman–Crippen MR) is 106 cm³/mol. The average molecular weight is 387 g/mol. The van der Waals surface area contributed by atoms with Crippen LogP contribution in [0.1, 0.15) is 24.8 Å². The second-order valence-electron chi connectivity index (χ2n) is 7.47. The van der Waals surface area contributed by atoms with Gasteiger partial charge in [0.1, 0.15) is 12.1 Å². The van der Waals surface area contributed by atoms with E-state index < -0.39 is 0 Å². The molecule has 1 atom stereocenters. The molecule has 0 saturated carbocycles. The molecule has 28 heavy (non-hydrogen) atoms. The van der Waals surface area contributed by atoms with Gasteiger partial charge in [0.2, 0.25) is 5.91 Å². The fourth-order valence-electron chi connectivity index (χ4n) is 3.86. The van der Waals surface area contributed by atoms with Crippen molar-refractivity contribution >= 4 is 5.91 Å². The number of carbonyl (C=O) groups is 1. The van der Waals surface area contributed by atoms with Crippen molar-refractivity contribution in [3.05, 3.63) is 36.2 Å². The van der Waals surface area contributed by atoms with E-state index >= 15 is 0 Å². The maximum absolute atomic E-state index is 12.4. The van der Waals surface area contributed by atoms with Gasteiger partial charge in [0.15, 0.2) is 0 Å². The highest BCUT2D eigenvalue weighted by atomic mass is 16.5. The highest BCUT2D eigenvalue weighted by Gasteiger charge is 2.22. The van der Waals surface area contributed by atoms with Crippen LogP contribution in [-0.4, -0.2) is 76.3 Å². The van der Waals surface area contributed by atoms with Crippen molar-refractivity contribution in [3.63, 3.8) is 0 Å². The fraction of sp³-hybridized carbons (Fsp3) is 0.600. The molecule has 1 amide bonds. The van der Waals surface area contributed by atoms with Gasteiger partial charge in [0, 0.05) is 33.1 Å². The molecule has 1 aliphatic heterocycles. The molecule has 152 valence electrons. The number of likely N-dealkylation sites (tertiary alicyclic amines) is 1. The number of tetrazole rings is 1. The number of nitrogens with zero attached hydrogens (tertiary/aromatic N) is 6. The van der Waals surface area contributed by atoms with Crippen molar-refractivity contribution in [2.24, 2.45) is 5.92 Å². The van der Waals surface area contributed by atoms with E-state index in [0.29, 0.717) is 18.9 Å². The minimum atomic E-state index is 0.140. The summed E-state index contributed by atoms with van der Waals surface area (Å²) in [6.07, 6.45) is 5.30. The SMILES string of the molecule is COc1ccccc1CCN1CCCC(CN(C)C(=O)CCn2cnnn2)C1. The molecule has 0 N–H and O–H groups in total. The Morgan fingerprint density at radius 1 is 1.32 bits per heavy atom. The first-order valence-corrected chi connectivity index (χ1v) is 9.94. The number of aryl methyl sites for hydroxylation is 1. The lowest BCUT2D eigenvalue weighted by Gasteiger charge is -2.34. The van der Waals surface area contributed by atoms with Crippen LogP contribution < -0.4 is 4.74 Å². The Kier molecular flexibility index (Phi) is 7.36. The molecule has 0 spiro atoms. The molecular weight excluding hydrogens is 356 g/mol. The number of amides is 1. The number of hydrogen-bond acceptors (Lipinski definition) is 6. The molecule has 0 radical (unpaired) electrons. The fourth-order valence-corrected chi connectivity index (χ4v) is 3.86. The topological polar surface area (TPSA) is 76.4 Å². The third-order valence-corrected chi connectivity index (χ3v) is 5.40. The van der Waals surface area contributed by atoms with Crippen LogP contribution in [0.2, 0.25) is 0 Å². The molecule has 1 aromatic heterocycles. The molecule has 1 aliphatic rings. The maximum atomic E-state index is 12.4. The highest BCUT2D eigenvalue weighted by Crippen LogP contribution is 2.21. The van der Waals surface area contributed by atoms with Gasteiger partial charge in [-0.1, -0.05) is 18.2 Å². The quantitative estimate of drug-likeness (QED) is 0.650. The van der Waals surface area contributed by atoms with E-state index in [0.717, 1.165) is 38.3 Å². The van der Waals surface area contributed by atoms with Gasteiger partial charge in [-0.3, -0.25) is 4.79 Å². The number of ether oxygens (including phenoxy) is 1. The van der Waals surface area contributed by atoms with Crippen molar-refractivity contribution in [1.82, 2.24) is 30.0 Å². The largest absolute Gasteiger partial charge is 0.496 e. The first-order chi connectivity index (χ1) is 13.7. The Morgan fingerprint density at radius 3 is 2.96 bits per heavy atom. The van der Waals surface area contributed by atoms with Crippen LogP contribution in [0.25, 0.3) is 0 Å². The van der Waals surface area contributed by atoms with Crippen LogP contribution >= 0.6 is 0 Å². The van der Waals surface area contributed by atoms with Crippen LogP contribution in [0.4, 0.5) is 0 Å². The van der Waals surface area contributed by atoms with E-state index in [1.807, 2.05) is 24.1 Å². The smallest absolute Gasteiger partial charge is 0.224 e. The first kappa shape index (κ1) is 20.3. The number of aromatic nitrogens is 4. The van der Waals surface area contributed by atoms with E-state index in [4.69, 9.17) is 4.74 Å². The maximum Gasteiger partial charge on any atom is 0.224 e. The highest BCUT2D eigenvalue weighted by molar-refractivity contribution is 5.75. The van der Waals surface area contributed by atoms with Gasteiger partial charge in [0.25, 0.3) is 0 Å². The van der Waals surface area contributed by atoms with Crippen molar-refractivity contribution in [2.75, 3.05) is 40.3 Å². The number of hydrogen-bond donors (Lipinski definition) is 0. The van der Waals surface area contributed by atoms with E-state index in [1.165, 1.54) is 24.7 Å². The van der Waals surface area contributed by atoms with Gasteiger partial charge in [0.05, 0.1) is 13.7 Å². The Bertz CT molecular complexity index is 736. The molecule has 1 unspecified atom stereocenters. The summed E-state index contributed by atoms with van der Waals surface area (Å²) in [5.41, 5.74) is 1.25. The number of carbonyl (C=O) groups excluding carboxylic acids is 1. The second-order valence-corrected chi connectivity index (χ2v) is 7.47. The van der Waals surface area contributed by atoms with Crippen LogP contribution in [-0.2, 0) is 17.8 Å². The molecule has 3 rings (SSSR count). The molecule has 1 saturated heterocycles. The lowest BCUT2D eigenvalue weighted by molar-refractivity contribution is -0.131. The second kappa shape index (κ2) is 10.2. The molecule has 1 aromatic carbocycles. The van der Waals surface area contributed by atoms with E-state index in [2.05, 4.69) is 32.6 Å². The number of methoxy groups -OCH3 is 1. The van der Waals surface area contributed by atoms with Gasteiger partial charge in [-0.05, 0) is 53.8 Å². The van der Waals surface area contributed by atoms with Crippen molar-refractivity contribution < 1.29 is 9.53 Å². The van der Waals surface area contributed by atoms with Gasteiger partial charge in [-0.25, -0.2) is 4.68 Å². The Morgan fingerprint density at radius 2 is 2.18 bits per heavy atom. The monoisotopic (exact) mass is 386 g/mol. The first-order valence-electron chi connectivity index (χ1n) is 9.94. The number of benzene rings is 1. The standard InChI is InChI=1S/C20H30N6O2/c1-24(20(27)10-13-26-16-21-22-23-26)14-17-6-5-11-25(15-17)12-9-18-7-3-4-8-19(18)28-2/h3-4,7-8,16-17H,5-6,9-15H2,1-2H3. The lowest BCUT2D eigenvalue weighted by Crippen LogP contribution is -2.42. The minimum absolute atomic E-state index is 0.140. The third-order valence-electron chi connectivity index (χ3n) is 5.40. The van der Waals surface area contributed by atoms with Gasteiger partial charge in [-0.2, -0.15) is 0 Å². The van der Waals surface area contributed by atoms with E-state index in [1.54, 1.807) is 11.8 Å². The molecule has 1 fully saturated rings. The zero-order valence-electron chi connectivity index (χ0n) is 16.8. The summed E-state index contributed by atoms with van der Waals surface area (Å²) in [6, 6.07) is 8.22. The van der Waals surface area contributed by atoms with Crippen LogP contribution in [0.15, 0.2) is 30.6 Å². The number of piperidine rings is 1. The molecule has 8 heteroatoms. The van der Waals surface area contributed by atoms with E-state index in [-0.39, 0.29) is 5.91 Å². The summed E-state index contributed by atoms with van der Waals surface area (Å²) in [4.78, 5) is 16.8. The molecule has 0 bridgehead atoms. The van der Waals surface area contributed by atoms with E-state index in [9.17, 15) is 4.79 Å². The Hall–Kier alpha value is -2.48. The Labute approximate surface area is 166 Å². The molecule has 8 nitrogen and oxygen atoms in total. The number of para-hydroxylation sites is 1. The van der Waals surface area contributed by atoms with Gasteiger partial charge in [-0.15, -0.1) is 5.10 Å². The zero-order chi connectivity index (χ0) is 19.8. The van der Waals surface area contributed by atoms with Crippen molar-refractivity contribution in [1.29, 1.82) is 0 Å². The lowest BCUT2D eigenvalue weighted by atomic mass is 9.97. The zero-order valence-corrected chi connectivity index (χ0v) is 16.8. The summed E-state index contributed by atoms with van der Waals surface area (Å²) in [7, 11) is 3.62. The van der Waals surface area contributed by atoms with Crippen molar-refractivity contribution in [3.8, 4) is 5.75 Å². The van der Waals surface area contributed by atoms with Gasteiger partial charge < -0.3 is 14.5 Å². The summed E-state index contributed by atoms with van der Waals surface area (Å²) in [5, 5.41) is 11.0.